The molecule has 3 unspecified atom stereocenters. The van der Waals surface area contributed by atoms with Crippen LogP contribution in [0.3, 0.4) is 0 Å². The molecule has 8 nitrogen and oxygen atoms in total. The van der Waals surface area contributed by atoms with E-state index in [1.54, 1.807) is 0 Å². The van der Waals surface area contributed by atoms with Gasteiger partial charge in [0.15, 0.2) is 6.29 Å². The average molecular weight is 757 g/mol. The third kappa shape index (κ3) is 16.6. The number of rotatable bonds is 27. The number of unbranched alkanes of at least 4 members (excludes halogenated alkanes) is 11. The van der Waals surface area contributed by atoms with Crippen LogP contribution in [0, 0.1) is 0 Å². The largest absolute Gasteiger partial charge is 0.481 e. The molecule has 8 heteroatoms. The van der Waals surface area contributed by atoms with E-state index in [1.165, 1.54) is 77.0 Å². The molecule has 302 valence electrons. The number of aliphatic hydroxyl groups excluding tert-OH is 1. The maximum absolute atomic E-state index is 12.3. The van der Waals surface area contributed by atoms with Gasteiger partial charge in [-0.05, 0) is 72.7 Å². The van der Waals surface area contributed by atoms with Crippen LogP contribution in [0.25, 0.3) is 11.1 Å². The van der Waals surface area contributed by atoms with Crippen LogP contribution < -0.4 is 5.32 Å². The van der Waals surface area contributed by atoms with E-state index in [1.807, 2.05) is 24.3 Å². The summed E-state index contributed by atoms with van der Waals surface area (Å²) in [4.78, 5) is 25.7. The number of carboxylic acid groups (broad SMARTS) is 1. The summed E-state index contributed by atoms with van der Waals surface area (Å²) in [6.07, 6.45) is 17.1. The quantitative estimate of drug-likeness (QED) is 0.0665. The summed E-state index contributed by atoms with van der Waals surface area (Å²) in [6, 6.07) is 24.7. The number of aliphatic carboxylic acids is 1. The van der Waals surface area contributed by atoms with E-state index < -0.39 is 12.3 Å². The van der Waals surface area contributed by atoms with Gasteiger partial charge in [-0.25, -0.2) is 0 Å². The van der Waals surface area contributed by atoms with Crippen molar-refractivity contribution in [2.45, 2.75) is 155 Å². The minimum Gasteiger partial charge on any atom is -0.481 e. The Morgan fingerprint density at radius 3 is 1.95 bits per heavy atom. The van der Waals surface area contributed by atoms with Crippen molar-refractivity contribution in [3.8, 4) is 11.1 Å². The van der Waals surface area contributed by atoms with E-state index in [0.29, 0.717) is 25.8 Å². The molecule has 3 atom stereocenters. The number of carbonyl (C=O) groups excluding carboxylic acids is 1. The molecule has 55 heavy (non-hydrogen) atoms. The highest BCUT2D eigenvalue weighted by Crippen LogP contribution is 2.39. The van der Waals surface area contributed by atoms with Gasteiger partial charge in [0.05, 0.1) is 18.8 Å². The predicted octanol–water partition coefficient (Wildman–Crippen LogP) is 10.7. The third-order valence-corrected chi connectivity index (χ3v) is 10.7. The highest BCUT2D eigenvalue weighted by Gasteiger charge is 2.33. The van der Waals surface area contributed by atoms with E-state index in [-0.39, 0.29) is 31.1 Å². The van der Waals surface area contributed by atoms with Gasteiger partial charge in [0.1, 0.15) is 0 Å². The number of ether oxygens (including phenoxy) is 2. The molecule has 1 aliphatic rings. The van der Waals surface area contributed by atoms with Crippen molar-refractivity contribution in [1.82, 2.24) is 10.2 Å². The second-order valence-electron chi connectivity index (χ2n) is 15.4. The molecule has 0 radical (unpaired) electrons. The highest BCUT2D eigenvalue weighted by atomic mass is 16.7. The Bertz CT molecular complexity index is 1490. The molecule has 1 fully saturated rings. The van der Waals surface area contributed by atoms with Crippen LogP contribution in [0.2, 0.25) is 0 Å². The first-order valence-corrected chi connectivity index (χ1v) is 21.3. The topological polar surface area (TPSA) is 108 Å². The summed E-state index contributed by atoms with van der Waals surface area (Å²) >= 11 is 0. The van der Waals surface area contributed by atoms with Gasteiger partial charge >= 0.3 is 5.97 Å². The minimum absolute atomic E-state index is 0.0187. The van der Waals surface area contributed by atoms with E-state index in [0.717, 1.165) is 59.4 Å². The first-order chi connectivity index (χ1) is 26.9. The molecule has 1 saturated heterocycles. The lowest BCUT2D eigenvalue weighted by Crippen LogP contribution is -2.40. The van der Waals surface area contributed by atoms with Gasteiger partial charge in [-0.15, -0.1) is 0 Å². The van der Waals surface area contributed by atoms with Crippen LogP contribution in [-0.2, 0) is 32.2 Å². The Labute approximate surface area is 331 Å². The van der Waals surface area contributed by atoms with E-state index >= 15 is 0 Å². The summed E-state index contributed by atoms with van der Waals surface area (Å²) in [7, 11) is 0. The number of hydrogen-bond donors (Lipinski definition) is 3. The summed E-state index contributed by atoms with van der Waals surface area (Å²) in [6.45, 7) is 8.08. The smallest absolute Gasteiger partial charge is 0.303 e. The Balaban J connectivity index is 1.43. The van der Waals surface area contributed by atoms with E-state index in [4.69, 9.17) is 14.6 Å². The van der Waals surface area contributed by atoms with Crippen molar-refractivity contribution in [2.24, 2.45) is 0 Å². The number of aliphatic hydroxyl groups is 1. The molecular weight excluding hydrogens is 689 g/mol. The molecule has 0 aromatic heterocycles. The Kier molecular flexibility index (Phi) is 20.5. The van der Waals surface area contributed by atoms with Crippen molar-refractivity contribution in [2.75, 3.05) is 19.6 Å². The number of carbonyl (C=O) groups is 2. The average Bonchev–Trinajstić information content (AvgIpc) is 3.21. The lowest BCUT2D eigenvalue weighted by atomic mass is 9.98. The fraction of sp³-hybridized carbons (Fsp3) is 0.574. The fourth-order valence-electron chi connectivity index (χ4n) is 7.39. The number of hydrogen-bond acceptors (Lipinski definition) is 6. The second-order valence-corrected chi connectivity index (χ2v) is 15.4. The molecule has 1 heterocycles. The maximum atomic E-state index is 12.3. The number of nitrogens with one attached hydrogen (secondary N) is 1. The number of carboxylic acids is 1. The monoisotopic (exact) mass is 757 g/mol. The van der Waals surface area contributed by atoms with Crippen molar-refractivity contribution in [1.29, 1.82) is 0 Å². The molecule has 1 amide bonds. The summed E-state index contributed by atoms with van der Waals surface area (Å²) < 4.78 is 13.5. The van der Waals surface area contributed by atoms with Gasteiger partial charge in [0.2, 0.25) is 5.91 Å². The van der Waals surface area contributed by atoms with Gasteiger partial charge < -0.3 is 29.9 Å². The zero-order chi connectivity index (χ0) is 39.1. The zero-order valence-corrected chi connectivity index (χ0v) is 33.7. The van der Waals surface area contributed by atoms with Crippen molar-refractivity contribution >= 4 is 11.9 Å². The fourth-order valence-corrected chi connectivity index (χ4v) is 7.39. The van der Waals surface area contributed by atoms with Gasteiger partial charge in [-0.1, -0.05) is 145 Å². The molecule has 0 saturated carbocycles. The lowest BCUT2D eigenvalue weighted by Gasteiger charge is -2.38. The molecule has 1 aliphatic heterocycles. The van der Waals surface area contributed by atoms with Crippen LogP contribution in [0.4, 0.5) is 0 Å². The predicted molar refractivity (Wildman–Crippen MR) is 221 cm³/mol. The molecule has 3 aromatic rings. The first-order valence-electron chi connectivity index (χ1n) is 21.3. The molecule has 0 spiro atoms. The molecular formula is C47H68N2O6. The normalized spacial score (nSPS) is 17.1. The highest BCUT2D eigenvalue weighted by molar-refractivity contribution is 5.76. The molecule has 0 aliphatic carbocycles. The van der Waals surface area contributed by atoms with E-state index in [2.05, 4.69) is 72.6 Å². The summed E-state index contributed by atoms with van der Waals surface area (Å²) in [5.74, 6) is -0.899. The third-order valence-electron chi connectivity index (χ3n) is 10.7. The number of amides is 1. The maximum Gasteiger partial charge on any atom is 0.303 e. The Hall–Kier alpha value is -3.56. The SMILES string of the molecule is CCCCCCCCN(CCCCCCCC)CC1CC(c2ccc(CO)cc2)OC(c2ccc(-c3cccc(CNC(=O)CCCCC(=O)O)c3)cc2)O1. The lowest BCUT2D eigenvalue weighted by molar-refractivity contribution is -0.253. The number of benzene rings is 3. The summed E-state index contributed by atoms with van der Waals surface area (Å²) in [5.41, 5.74) is 6.11. The Morgan fingerprint density at radius 1 is 0.691 bits per heavy atom. The summed E-state index contributed by atoms with van der Waals surface area (Å²) in [5, 5.41) is 21.4. The van der Waals surface area contributed by atoms with Crippen LogP contribution in [0.5, 0.6) is 0 Å². The second kappa shape index (κ2) is 25.6. The van der Waals surface area contributed by atoms with Gasteiger partial charge in [0, 0.05) is 37.9 Å². The van der Waals surface area contributed by atoms with Gasteiger partial charge in [-0.2, -0.15) is 0 Å². The number of nitrogens with zero attached hydrogens (tertiary/aromatic N) is 1. The molecule has 4 rings (SSSR count). The van der Waals surface area contributed by atoms with Crippen LogP contribution in [0.15, 0.2) is 72.8 Å². The molecule has 3 aromatic carbocycles. The van der Waals surface area contributed by atoms with Gasteiger partial charge in [-0.3, -0.25) is 9.59 Å². The molecule has 0 bridgehead atoms. The minimum atomic E-state index is -0.831. The van der Waals surface area contributed by atoms with Crippen LogP contribution in [0.1, 0.15) is 158 Å². The van der Waals surface area contributed by atoms with Crippen LogP contribution >= 0.6 is 0 Å². The standard InChI is InChI=1S/C47H68N2O6/c1-3-5-7-9-11-15-30-49(31-16-12-10-8-6-4-2)35-43-33-44(40-24-22-37(36-50)23-25-40)55-47(54-43)41-28-26-39(27-29-41)42-19-17-18-38(32-42)34-48-45(51)20-13-14-21-46(52)53/h17-19,22-29,32,43-44,47,50H,3-16,20-21,30-31,33-36H2,1-2H3,(H,48,51)(H,52,53). The van der Waals surface area contributed by atoms with Crippen molar-refractivity contribution in [3.05, 3.63) is 95.1 Å². The first kappa shape index (κ1) is 44.2. The Morgan fingerprint density at radius 2 is 1.31 bits per heavy atom. The van der Waals surface area contributed by atoms with Crippen molar-refractivity contribution in [3.63, 3.8) is 0 Å². The van der Waals surface area contributed by atoms with Crippen LogP contribution in [-0.4, -0.2) is 52.7 Å². The van der Waals surface area contributed by atoms with Gasteiger partial charge in [0.25, 0.3) is 0 Å². The zero-order valence-electron chi connectivity index (χ0n) is 33.7. The van der Waals surface area contributed by atoms with Crippen molar-refractivity contribution < 1.29 is 29.3 Å². The molecule has 3 N–H and O–H groups in total. The van der Waals surface area contributed by atoms with E-state index in [9.17, 15) is 14.7 Å².